The van der Waals surface area contributed by atoms with Crippen molar-refractivity contribution in [3.63, 3.8) is 0 Å². The van der Waals surface area contributed by atoms with Crippen molar-refractivity contribution < 1.29 is 9.84 Å². The van der Waals surface area contributed by atoms with Crippen LogP contribution in [0.2, 0.25) is 0 Å². The molecule has 2 heteroatoms. The monoisotopic (exact) mass is 232 g/mol. The maximum Gasteiger partial charge on any atom is 0.0570 e. The first-order valence-corrected chi connectivity index (χ1v) is 6.61. The Morgan fingerprint density at radius 2 is 1.88 bits per heavy atom. The normalized spacial score (nSPS) is 21.7. The van der Waals surface area contributed by atoms with E-state index in [1.807, 2.05) is 0 Å². The molecular formula is C15H20O2. The first-order chi connectivity index (χ1) is 8.31. The number of aliphatic hydroxyl groups excluding tert-OH is 1. The van der Waals surface area contributed by atoms with Crippen LogP contribution in [0.3, 0.4) is 0 Å². The van der Waals surface area contributed by atoms with Gasteiger partial charge in [0.2, 0.25) is 0 Å². The van der Waals surface area contributed by atoms with Gasteiger partial charge in [-0.15, -0.1) is 0 Å². The van der Waals surface area contributed by atoms with E-state index in [4.69, 9.17) is 4.74 Å². The third kappa shape index (κ3) is 2.12. The first kappa shape index (κ1) is 11.2. The predicted molar refractivity (Wildman–Crippen MR) is 67.1 cm³/mol. The maximum atomic E-state index is 9.46. The Morgan fingerprint density at radius 1 is 1.12 bits per heavy atom. The molecule has 17 heavy (non-hydrogen) atoms. The van der Waals surface area contributed by atoms with Crippen molar-refractivity contribution in [3.05, 3.63) is 34.9 Å². The van der Waals surface area contributed by atoms with Gasteiger partial charge in [-0.3, -0.25) is 0 Å². The summed E-state index contributed by atoms with van der Waals surface area (Å²) in [5.74, 6) is 0. The van der Waals surface area contributed by atoms with Gasteiger partial charge in [0.15, 0.2) is 0 Å². The molecule has 0 bridgehead atoms. The number of hydrogen-bond acceptors (Lipinski definition) is 2. The number of rotatable bonds is 3. The highest BCUT2D eigenvalue weighted by Gasteiger charge is 2.38. The van der Waals surface area contributed by atoms with Crippen LogP contribution in [-0.2, 0) is 24.0 Å². The summed E-state index contributed by atoms with van der Waals surface area (Å²) in [6, 6.07) is 6.87. The van der Waals surface area contributed by atoms with Crippen molar-refractivity contribution in [2.75, 3.05) is 19.8 Å². The van der Waals surface area contributed by atoms with E-state index in [1.54, 1.807) is 0 Å². The van der Waals surface area contributed by atoms with Crippen LogP contribution in [-0.4, -0.2) is 24.9 Å². The summed E-state index contributed by atoms with van der Waals surface area (Å²) in [6.45, 7) is 1.66. The molecule has 0 saturated carbocycles. The van der Waals surface area contributed by atoms with Gasteiger partial charge in [-0.2, -0.15) is 0 Å². The lowest BCUT2D eigenvalue weighted by atomic mass is 9.79. The number of aliphatic hydroxyl groups is 1. The third-order valence-electron chi connectivity index (χ3n) is 4.14. The average molecular weight is 232 g/mol. The molecule has 2 aliphatic rings. The lowest BCUT2D eigenvalue weighted by molar-refractivity contribution is -0.136. The molecule has 0 amide bonds. The molecule has 0 spiro atoms. The van der Waals surface area contributed by atoms with Crippen molar-refractivity contribution in [1.29, 1.82) is 0 Å². The van der Waals surface area contributed by atoms with Gasteiger partial charge in [-0.05, 0) is 48.8 Å². The maximum absolute atomic E-state index is 9.46. The fourth-order valence-corrected chi connectivity index (χ4v) is 2.97. The second-order valence-corrected chi connectivity index (χ2v) is 5.64. The van der Waals surface area contributed by atoms with Gasteiger partial charge in [0.25, 0.3) is 0 Å². The topological polar surface area (TPSA) is 29.5 Å². The summed E-state index contributed by atoms with van der Waals surface area (Å²) < 4.78 is 5.25. The molecule has 92 valence electrons. The molecule has 0 radical (unpaired) electrons. The molecule has 1 N–H and O–H groups in total. The van der Waals surface area contributed by atoms with E-state index in [1.165, 1.54) is 42.4 Å². The van der Waals surface area contributed by atoms with E-state index < -0.39 is 0 Å². The van der Waals surface area contributed by atoms with Crippen molar-refractivity contribution in [2.24, 2.45) is 5.41 Å². The van der Waals surface area contributed by atoms with Crippen LogP contribution in [0.15, 0.2) is 18.2 Å². The van der Waals surface area contributed by atoms with E-state index in [0.717, 1.165) is 6.42 Å². The number of fused-ring (bicyclic) bond motifs is 1. The molecule has 2 nitrogen and oxygen atoms in total. The molecule has 0 atom stereocenters. The summed E-state index contributed by atoms with van der Waals surface area (Å²) in [4.78, 5) is 0. The van der Waals surface area contributed by atoms with E-state index in [-0.39, 0.29) is 12.0 Å². The number of ether oxygens (including phenoxy) is 1. The molecule has 1 aliphatic carbocycles. The van der Waals surface area contributed by atoms with Crippen LogP contribution in [0, 0.1) is 5.41 Å². The molecule has 0 unspecified atom stereocenters. The van der Waals surface area contributed by atoms with Crippen LogP contribution in [0.5, 0.6) is 0 Å². The van der Waals surface area contributed by atoms with Gasteiger partial charge in [0.05, 0.1) is 19.8 Å². The third-order valence-corrected chi connectivity index (χ3v) is 4.14. The van der Waals surface area contributed by atoms with Gasteiger partial charge in [-0.1, -0.05) is 18.2 Å². The van der Waals surface area contributed by atoms with Crippen molar-refractivity contribution in [2.45, 2.75) is 32.1 Å². The minimum atomic E-state index is 0.00288. The molecule has 1 fully saturated rings. The zero-order valence-electron chi connectivity index (χ0n) is 10.2. The summed E-state index contributed by atoms with van der Waals surface area (Å²) >= 11 is 0. The molecule has 1 aliphatic heterocycles. The van der Waals surface area contributed by atoms with Crippen molar-refractivity contribution >= 4 is 0 Å². The number of aryl methyl sites for hydroxylation is 2. The fourth-order valence-electron chi connectivity index (χ4n) is 2.97. The average Bonchev–Trinajstić information content (AvgIpc) is 2.34. The lowest BCUT2D eigenvalue weighted by Gasteiger charge is -2.40. The smallest absolute Gasteiger partial charge is 0.0570 e. The standard InChI is InChI=1S/C15H20O2/c16-9-15(10-17-11-15)8-12-5-6-13-3-1-2-4-14(13)7-12/h5-7,16H,1-4,8-11H2. The van der Waals surface area contributed by atoms with Gasteiger partial charge >= 0.3 is 0 Å². The van der Waals surface area contributed by atoms with Crippen LogP contribution in [0.25, 0.3) is 0 Å². The van der Waals surface area contributed by atoms with E-state index in [0.29, 0.717) is 13.2 Å². The zero-order chi connectivity index (χ0) is 11.7. The fraction of sp³-hybridized carbons (Fsp3) is 0.600. The van der Waals surface area contributed by atoms with Crippen molar-refractivity contribution in [1.82, 2.24) is 0 Å². The van der Waals surface area contributed by atoms with E-state index >= 15 is 0 Å². The minimum absolute atomic E-state index is 0.00288. The largest absolute Gasteiger partial charge is 0.396 e. The Hall–Kier alpha value is -0.860. The summed E-state index contributed by atoms with van der Waals surface area (Å²) in [5.41, 5.74) is 4.43. The molecule has 1 heterocycles. The van der Waals surface area contributed by atoms with Gasteiger partial charge < -0.3 is 9.84 Å². The second-order valence-electron chi connectivity index (χ2n) is 5.64. The van der Waals surface area contributed by atoms with E-state index in [2.05, 4.69) is 18.2 Å². The summed E-state index contributed by atoms with van der Waals surface area (Å²) in [6.07, 6.45) is 6.08. The Bertz CT molecular complexity index is 402. The Kier molecular flexibility index (Phi) is 2.93. The van der Waals surface area contributed by atoms with E-state index in [9.17, 15) is 5.11 Å². The second kappa shape index (κ2) is 4.43. The number of hydrogen-bond donors (Lipinski definition) is 1. The van der Waals surface area contributed by atoms with Gasteiger partial charge in [0.1, 0.15) is 0 Å². The first-order valence-electron chi connectivity index (χ1n) is 6.61. The van der Waals surface area contributed by atoms with Crippen LogP contribution in [0.4, 0.5) is 0 Å². The lowest BCUT2D eigenvalue weighted by Crippen LogP contribution is -2.47. The highest BCUT2D eigenvalue weighted by molar-refractivity contribution is 5.34. The predicted octanol–water partition coefficient (Wildman–Crippen LogP) is 2.12. The summed E-state index contributed by atoms with van der Waals surface area (Å²) in [7, 11) is 0. The molecule has 0 aromatic heterocycles. The summed E-state index contributed by atoms with van der Waals surface area (Å²) in [5, 5.41) is 9.46. The van der Waals surface area contributed by atoms with Gasteiger partial charge in [-0.25, -0.2) is 0 Å². The number of benzene rings is 1. The zero-order valence-corrected chi connectivity index (χ0v) is 10.2. The van der Waals surface area contributed by atoms with Crippen molar-refractivity contribution in [3.8, 4) is 0 Å². The Morgan fingerprint density at radius 3 is 2.53 bits per heavy atom. The quantitative estimate of drug-likeness (QED) is 0.865. The Balaban J connectivity index is 1.79. The Labute approximate surface area is 103 Å². The van der Waals surface area contributed by atoms with Crippen LogP contribution < -0.4 is 0 Å². The van der Waals surface area contributed by atoms with Crippen LogP contribution >= 0.6 is 0 Å². The molecule has 3 rings (SSSR count). The molecule has 1 aromatic rings. The molecule has 1 aromatic carbocycles. The SMILES string of the molecule is OCC1(Cc2ccc3c(c2)CCCC3)COC1. The van der Waals surface area contributed by atoms with Gasteiger partial charge in [0, 0.05) is 5.41 Å². The molecule has 1 saturated heterocycles. The molecular weight excluding hydrogens is 212 g/mol. The highest BCUT2D eigenvalue weighted by Crippen LogP contribution is 2.32. The van der Waals surface area contributed by atoms with Crippen LogP contribution in [0.1, 0.15) is 29.5 Å². The highest BCUT2D eigenvalue weighted by atomic mass is 16.5. The minimum Gasteiger partial charge on any atom is -0.396 e.